The van der Waals surface area contributed by atoms with Gasteiger partial charge in [0.05, 0.1) is 21.3 Å². The largest absolute Gasteiger partial charge is 0.497 e. The molecule has 0 saturated carbocycles. The van der Waals surface area contributed by atoms with Crippen molar-refractivity contribution in [1.29, 1.82) is 0 Å². The molecule has 0 aliphatic heterocycles. The lowest BCUT2D eigenvalue weighted by molar-refractivity contribution is 0.354. The van der Waals surface area contributed by atoms with E-state index in [-0.39, 0.29) is 0 Å². The van der Waals surface area contributed by atoms with Gasteiger partial charge in [0.25, 0.3) is 0 Å². The minimum absolute atomic E-state index is 0.646. The van der Waals surface area contributed by atoms with Gasteiger partial charge in [-0.25, -0.2) is 0 Å². The highest BCUT2D eigenvalue weighted by Gasteiger charge is 2.05. The molecule has 0 aliphatic rings. The molecule has 21 heavy (non-hydrogen) atoms. The Morgan fingerprint density at radius 2 is 1.67 bits per heavy atom. The van der Waals surface area contributed by atoms with Crippen LogP contribution in [0, 0.1) is 0 Å². The number of ether oxygens (including phenoxy) is 3. The number of methoxy groups -OCH3 is 3. The summed E-state index contributed by atoms with van der Waals surface area (Å²) < 4.78 is 15.7. The molecule has 5 heteroatoms. The van der Waals surface area contributed by atoms with E-state index in [9.17, 15) is 0 Å². The monoisotopic (exact) mass is 288 g/mol. The third-order valence-corrected chi connectivity index (χ3v) is 3.11. The van der Waals surface area contributed by atoms with Crippen LogP contribution in [0.4, 0.5) is 11.4 Å². The first kappa shape index (κ1) is 14.8. The first-order valence-corrected chi connectivity index (χ1v) is 6.55. The van der Waals surface area contributed by atoms with Crippen molar-refractivity contribution < 1.29 is 14.2 Å². The molecule has 0 fully saturated rings. The molecule has 0 spiro atoms. The zero-order chi connectivity index (χ0) is 15.2. The molecule has 2 aromatic rings. The molecular formula is C16H20N2O3. The average molecular weight is 288 g/mol. The molecule has 112 valence electrons. The highest BCUT2D eigenvalue weighted by atomic mass is 16.5. The van der Waals surface area contributed by atoms with Crippen LogP contribution in [-0.4, -0.2) is 21.3 Å². The maximum absolute atomic E-state index is 5.83. The van der Waals surface area contributed by atoms with Crippen LogP contribution >= 0.6 is 0 Å². The van der Waals surface area contributed by atoms with Crippen LogP contribution < -0.4 is 25.3 Å². The van der Waals surface area contributed by atoms with Crippen molar-refractivity contribution in [2.45, 2.75) is 6.54 Å². The van der Waals surface area contributed by atoms with Crippen LogP contribution in [0.15, 0.2) is 36.4 Å². The number of hydrogen-bond acceptors (Lipinski definition) is 5. The second-order valence-corrected chi connectivity index (χ2v) is 4.54. The standard InChI is InChI=1S/C16H20N2O3/c1-19-14-8-12(17)7-13(9-14)18-10-11-4-5-15(20-2)16(6-11)21-3/h4-9,18H,10,17H2,1-3H3. The lowest BCUT2D eigenvalue weighted by atomic mass is 10.2. The second-order valence-electron chi connectivity index (χ2n) is 4.54. The predicted octanol–water partition coefficient (Wildman–Crippen LogP) is 2.91. The van der Waals surface area contributed by atoms with E-state index in [1.54, 1.807) is 27.4 Å². The van der Waals surface area contributed by atoms with Crippen LogP contribution in [-0.2, 0) is 6.54 Å². The van der Waals surface area contributed by atoms with Crippen LogP contribution in [0.2, 0.25) is 0 Å². The molecule has 0 amide bonds. The number of benzene rings is 2. The van der Waals surface area contributed by atoms with Gasteiger partial charge in [-0.1, -0.05) is 6.07 Å². The molecule has 0 saturated heterocycles. The summed E-state index contributed by atoms with van der Waals surface area (Å²) in [6.45, 7) is 0.646. The Morgan fingerprint density at radius 3 is 2.33 bits per heavy atom. The molecule has 0 atom stereocenters. The maximum Gasteiger partial charge on any atom is 0.161 e. The summed E-state index contributed by atoms with van der Waals surface area (Å²) in [6.07, 6.45) is 0. The summed E-state index contributed by atoms with van der Waals surface area (Å²) in [5.41, 5.74) is 8.47. The molecule has 0 heterocycles. The van der Waals surface area contributed by atoms with E-state index >= 15 is 0 Å². The Balaban J connectivity index is 2.11. The van der Waals surface area contributed by atoms with Gasteiger partial charge >= 0.3 is 0 Å². The van der Waals surface area contributed by atoms with E-state index in [0.717, 1.165) is 17.0 Å². The van der Waals surface area contributed by atoms with E-state index in [1.165, 1.54) is 0 Å². The minimum atomic E-state index is 0.646. The molecule has 2 aromatic carbocycles. The molecule has 0 unspecified atom stereocenters. The number of nitrogen functional groups attached to an aromatic ring is 1. The highest BCUT2D eigenvalue weighted by molar-refractivity contribution is 5.59. The van der Waals surface area contributed by atoms with Crippen molar-refractivity contribution >= 4 is 11.4 Å². The molecule has 5 nitrogen and oxygen atoms in total. The second kappa shape index (κ2) is 6.74. The van der Waals surface area contributed by atoms with Crippen LogP contribution in [0.3, 0.4) is 0 Å². The van der Waals surface area contributed by atoms with Crippen molar-refractivity contribution in [2.24, 2.45) is 0 Å². The summed E-state index contributed by atoms with van der Waals surface area (Å²) in [5.74, 6) is 2.15. The first-order valence-electron chi connectivity index (χ1n) is 6.55. The fourth-order valence-electron chi connectivity index (χ4n) is 2.04. The van der Waals surface area contributed by atoms with Gasteiger partial charge in [-0.05, 0) is 23.8 Å². The predicted molar refractivity (Wildman–Crippen MR) is 84.3 cm³/mol. The molecule has 0 aromatic heterocycles. The van der Waals surface area contributed by atoms with Crippen molar-refractivity contribution in [3.8, 4) is 17.2 Å². The Morgan fingerprint density at radius 1 is 0.905 bits per heavy atom. The minimum Gasteiger partial charge on any atom is -0.497 e. The number of nitrogens with one attached hydrogen (secondary N) is 1. The van der Waals surface area contributed by atoms with E-state index in [4.69, 9.17) is 19.9 Å². The highest BCUT2D eigenvalue weighted by Crippen LogP contribution is 2.28. The molecule has 3 N–H and O–H groups in total. The fraction of sp³-hybridized carbons (Fsp3) is 0.250. The smallest absolute Gasteiger partial charge is 0.161 e. The summed E-state index contributed by atoms with van der Waals surface area (Å²) in [7, 11) is 4.86. The van der Waals surface area contributed by atoms with Gasteiger partial charge in [0, 0.05) is 30.1 Å². The van der Waals surface area contributed by atoms with Gasteiger partial charge in [-0.15, -0.1) is 0 Å². The van der Waals surface area contributed by atoms with Crippen LogP contribution in [0.25, 0.3) is 0 Å². The van der Waals surface area contributed by atoms with Crippen molar-refractivity contribution in [3.05, 3.63) is 42.0 Å². The van der Waals surface area contributed by atoms with Gasteiger partial charge in [-0.2, -0.15) is 0 Å². The maximum atomic E-state index is 5.83. The summed E-state index contributed by atoms with van der Waals surface area (Å²) in [5, 5.41) is 3.31. The lowest BCUT2D eigenvalue weighted by Crippen LogP contribution is -2.01. The molecule has 0 radical (unpaired) electrons. The Bertz CT molecular complexity index is 614. The van der Waals surface area contributed by atoms with Gasteiger partial charge in [0.15, 0.2) is 11.5 Å². The average Bonchev–Trinajstić information content (AvgIpc) is 2.52. The Hall–Kier alpha value is -2.56. The Kier molecular flexibility index (Phi) is 4.77. The summed E-state index contributed by atoms with van der Waals surface area (Å²) in [4.78, 5) is 0. The Labute approximate surface area is 124 Å². The van der Waals surface area contributed by atoms with Gasteiger partial charge in [-0.3, -0.25) is 0 Å². The summed E-state index contributed by atoms with van der Waals surface area (Å²) >= 11 is 0. The van der Waals surface area contributed by atoms with Crippen LogP contribution in [0.1, 0.15) is 5.56 Å². The molecule has 0 aliphatic carbocycles. The van der Waals surface area contributed by atoms with Gasteiger partial charge < -0.3 is 25.3 Å². The van der Waals surface area contributed by atoms with E-state index in [2.05, 4.69) is 5.32 Å². The topological polar surface area (TPSA) is 65.7 Å². The third kappa shape index (κ3) is 3.72. The zero-order valence-corrected chi connectivity index (χ0v) is 12.5. The van der Waals surface area contributed by atoms with Crippen molar-refractivity contribution in [2.75, 3.05) is 32.4 Å². The van der Waals surface area contributed by atoms with E-state index in [0.29, 0.717) is 23.7 Å². The zero-order valence-electron chi connectivity index (χ0n) is 12.5. The molecule has 0 bridgehead atoms. The quantitative estimate of drug-likeness (QED) is 0.800. The van der Waals surface area contributed by atoms with Crippen molar-refractivity contribution in [1.82, 2.24) is 0 Å². The first-order chi connectivity index (χ1) is 10.2. The van der Waals surface area contributed by atoms with E-state index in [1.807, 2.05) is 30.3 Å². The van der Waals surface area contributed by atoms with Gasteiger partial charge in [0.2, 0.25) is 0 Å². The van der Waals surface area contributed by atoms with Crippen molar-refractivity contribution in [3.63, 3.8) is 0 Å². The lowest BCUT2D eigenvalue weighted by Gasteiger charge is -2.12. The third-order valence-electron chi connectivity index (χ3n) is 3.11. The van der Waals surface area contributed by atoms with Crippen LogP contribution in [0.5, 0.6) is 17.2 Å². The normalized spacial score (nSPS) is 10.0. The SMILES string of the molecule is COc1cc(N)cc(NCc2ccc(OC)c(OC)c2)c1. The van der Waals surface area contributed by atoms with Gasteiger partial charge in [0.1, 0.15) is 5.75 Å². The fourth-order valence-corrected chi connectivity index (χ4v) is 2.04. The number of hydrogen-bond donors (Lipinski definition) is 2. The summed E-state index contributed by atoms with van der Waals surface area (Å²) in [6, 6.07) is 11.4. The number of nitrogens with two attached hydrogens (primary N) is 1. The molecule has 2 rings (SSSR count). The number of rotatable bonds is 6. The number of anilines is 2. The molecular weight excluding hydrogens is 268 g/mol. The van der Waals surface area contributed by atoms with E-state index < -0.39 is 0 Å².